The molecule has 19 heavy (non-hydrogen) atoms. The van der Waals surface area contributed by atoms with Crippen LogP contribution in [0.4, 0.5) is 11.4 Å². The lowest BCUT2D eigenvalue weighted by Crippen LogP contribution is -2.06. The number of aryl methyl sites for hydroxylation is 2. The highest BCUT2D eigenvalue weighted by Gasteiger charge is 2.14. The molecule has 100 valence electrons. The summed E-state index contributed by atoms with van der Waals surface area (Å²) in [5.74, 6) is 0. The molecule has 1 aromatic heterocycles. The molecule has 0 amide bonds. The molecule has 0 radical (unpaired) electrons. The van der Waals surface area contributed by atoms with Crippen molar-refractivity contribution in [3.8, 4) is 0 Å². The van der Waals surface area contributed by atoms with E-state index in [2.05, 4.69) is 10.3 Å². The summed E-state index contributed by atoms with van der Waals surface area (Å²) in [5, 5.41) is 15.1. The molecule has 2 rings (SSSR count). The molecular formula is C13H15N3O2S. The number of rotatable bonds is 4. The van der Waals surface area contributed by atoms with Gasteiger partial charge < -0.3 is 5.32 Å². The molecular weight excluding hydrogens is 262 g/mol. The average Bonchev–Trinajstić information content (AvgIpc) is 2.78. The van der Waals surface area contributed by atoms with E-state index in [9.17, 15) is 10.1 Å². The quantitative estimate of drug-likeness (QED) is 0.681. The van der Waals surface area contributed by atoms with Gasteiger partial charge >= 0.3 is 0 Å². The van der Waals surface area contributed by atoms with Crippen molar-refractivity contribution >= 4 is 22.7 Å². The summed E-state index contributed by atoms with van der Waals surface area (Å²) >= 11 is 1.62. The van der Waals surface area contributed by atoms with Crippen LogP contribution in [-0.2, 0) is 0 Å². The summed E-state index contributed by atoms with van der Waals surface area (Å²) in [7, 11) is 0. The first-order chi connectivity index (χ1) is 8.97. The molecule has 1 unspecified atom stereocenters. The fourth-order valence-electron chi connectivity index (χ4n) is 1.78. The Bertz CT molecular complexity index is 610. The zero-order valence-electron chi connectivity index (χ0n) is 11.0. The van der Waals surface area contributed by atoms with E-state index in [1.165, 1.54) is 0 Å². The summed E-state index contributed by atoms with van der Waals surface area (Å²) < 4.78 is 0. The average molecular weight is 277 g/mol. The number of nitro groups is 1. The van der Waals surface area contributed by atoms with Crippen molar-refractivity contribution in [3.63, 3.8) is 0 Å². The third-order valence-corrected chi connectivity index (χ3v) is 3.89. The molecule has 0 aliphatic rings. The van der Waals surface area contributed by atoms with Crippen LogP contribution in [0, 0.1) is 24.0 Å². The number of nitrogens with zero attached hydrogens (tertiary/aromatic N) is 2. The maximum atomic E-state index is 10.9. The number of hydrogen-bond acceptors (Lipinski definition) is 5. The van der Waals surface area contributed by atoms with Gasteiger partial charge in [0, 0.05) is 28.4 Å². The Morgan fingerprint density at radius 2 is 2.16 bits per heavy atom. The van der Waals surface area contributed by atoms with Gasteiger partial charge in [0.15, 0.2) is 0 Å². The molecule has 2 aromatic rings. The minimum atomic E-state index is -0.362. The highest BCUT2D eigenvalue weighted by Crippen LogP contribution is 2.27. The van der Waals surface area contributed by atoms with Gasteiger partial charge in [-0.2, -0.15) is 0 Å². The van der Waals surface area contributed by atoms with Crippen molar-refractivity contribution in [1.29, 1.82) is 0 Å². The molecule has 0 spiro atoms. The van der Waals surface area contributed by atoms with Crippen LogP contribution in [0.2, 0.25) is 0 Å². The van der Waals surface area contributed by atoms with Gasteiger partial charge in [-0.15, -0.1) is 11.3 Å². The molecule has 0 aliphatic carbocycles. The summed E-state index contributed by atoms with van der Waals surface area (Å²) in [6, 6.07) is 5.19. The highest BCUT2D eigenvalue weighted by atomic mass is 32.1. The summed E-state index contributed by atoms with van der Waals surface area (Å²) in [6.45, 7) is 5.73. The van der Waals surface area contributed by atoms with Crippen LogP contribution in [0.3, 0.4) is 0 Å². The van der Waals surface area contributed by atoms with Crippen molar-refractivity contribution < 1.29 is 4.92 Å². The Morgan fingerprint density at radius 1 is 1.42 bits per heavy atom. The van der Waals surface area contributed by atoms with Crippen molar-refractivity contribution in [1.82, 2.24) is 4.98 Å². The molecule has 0 aliphatic heterocycles. The fourth-order valence-corrected chi connectivity index (χ4v) is 2.56. The molecule has 5 nitrogen and oxygen atoms in total. The molecule has 0 bridgehead atoms. The van der Waals surface area contributed by atoms with Crippen LogP contribution in [0.1, 0.15) is 28.4 Å². The Labute approximate surface area is 115 Å². The molecule has 6 heteroatoms. The molecule has 1 aromatic carbocycles. The number of thiazole rings is 1. The minimum Gasteiger partial charge on any atom is -0.376 e. The van der Waals surface area contributed by atoms with Gasteiger partial charge in [0.25, 0.3) is 5.69 Å². The van der Waals surface area contributed by atoms with Gasteiger partial charge in [-0.05, 0) is 26.8 Å². The van der Waals surface area contributed by atoms with Crippen LogP contribution < -0.4 is 5.32 Å². The summed E-state index contributed by atoms with van der Waals surface area (Å²) in [6.07, 6.45) is 1.83. The Morgan fingerprint density at radius 3 is 2.74 bits per heavy atom. The number of anilines is 1. The SMILES string of the molecule is Cc1cnc(C(C)Nc2ccc(C)c([N+](=O)[O-])c2)s1. The smallest absolute Gasteiger partial charge is 0.274 e. The van der Waals surface area contributed by atoms with Gasteiger partial charge in [-0.25, -0.2) is 4.98 Å². The molecule has 1 N–H and O–H groups in total. The Balaban J connectivity index is 2.19. The first-order valence-corrected chi connectivity index (χ1v) is 6.73. The fraction of sp³-hybridized carbons (Fsp3) is 0.308. The third kappa shape index (κ3) is 3.08. The second-order valence-corrected chi connectivity index (χ2v) is 5.70. The Hall–Kier alpha value is -1.95. The predicted octanol–water partition coefficient (Wildman–Crippen LogP) is 3.84. The van der Waals surface area contributed by atoms with E-state index < -0.39 is 0 Å². The summed E-state index contributed by atoms with van der Waals surface area (Å²) in [4.78, 5) is 16.0. The lowest BCUT2D eigenvalue weighted by atomic mass is 10.1. The lowest BCUT2D eigenvalue weighted by molar-refractivity contribution is -0.385. The first kappa shape index (κ1) is 13.5. The predicted molar refractivity (Wildman–Crippen MR) is 76.7 cm³/mol. The van der Waals surface area contributed by atoms with Gasteiger partial charge in [0.2, 0.25) is 0 Å². The molecule has 0 saturated heterocycles. The van der Waals surface area contributed by atoms with Gasteiger partial charge in [0.1, 0.15) is 5.01 Å². The monoisotopic (exact) mass is 277 g/mol. The van der Waals surface area contributed by atoms with Crippen LogP contribution >= 0.6 is 11.3 Å². The minimum absolute atomic E-state index is 0.0287. The molecule has 1 heterocycles. The largest absolute Gasteiger partial charge is 0.376 e. The van der Waals surface area contributed by atoms with Crippen LogP contribution in [-0.4, -0.2) is 9.91 Å². The summed E-state index contributed by atoms with van der Waals surface area (Å²) in [5.41, 5.74) is 1.53. The van der Waals surface area contributed by atoms with E-state index in [0.717, 1.165) is 15.6 Å². The maximum Gasteiger partial charge on any atom is 0.274 e. The number of hydrogen-bond donors (Lipinski definition) is 1. The molecule has 1 atom stereocenters. The van der Waals surface area contributed by atoms with Gasteiger partial charge in [0.05, 0.1) is 11.0 Å². The standard InChI is InChI=1S/C13H15N3O2S/c1-8-4-5-11(6-12(8)16(17)18)15-10(3)13-14-7-9(2)19-13/h4-7,10,15H,1-3H3. The second kappa shape index (κ2) is 5.36. The van der Waals surface area contributed by atoms with Crippen molar-refractivity contribution in [2.24, 2.45) is 0 Å². The van der Waals surface area contributed by atoms with Crippen LogP contribution in [0.5, 0.6) is 0 Å². The molecule has 0 fully saturated rings. The van der Waals surface area contributed by atoms with Crippen LogP contribution in [0.25, 0.3) is 0 Å². The van der Waals surface area contributed by atoms with Gasteiger partial charge in [-0.1, -0.05) is 6.07 Å². The van der Waals surface area contributed by atoms with Crippen LogP contribution in [0.15, 0.2) is 24.4 Å². The topological polar surface area (TPSA) is 68.1 Å². The van der Waals surface area contributed by atoms with E-state index in [-0.39, 0.29) is 16.7 Å². The lowest BCUT2D eigenvalue weighted by Gasteiger charge is -2.12. The number of nitro benzene ring substituents is 1. The van der Waals surface area contributed by atoms with Gasteiger partial charge in [-0.3, -0.25) is 10.1 Å². The number of aromatic nitrogens is 1. The maximum absolute atomic E-state index is 10.9. The van der Waals surface area contributed by atoms with E-state index >= 15 is 0 Å². The number of nitrogens with one attached hydrogen (secondary N) is 1. The van der Waals surface area contributed by atoms with Crippen molar-refractivity contribution in [2.45, 2.75) is 26.8 Å². The second-order valence-electron chi connectivity index (χ2n) is 4.43. The normalized spacial score (nSPS) is 12.2. The highest BCUT2D eigenvalue weighted by molar-refractivity contribution is 7.11. The zero-order valence-corrected chi connectivity index (χ0v) is 11.8. The third-order valence-electron chi connectivity index (χ3n) is 2.80. The Kier molecular flexibility index (Phi) is 3.80. The van der Waals surface area contributed by atoms with E-state index in [1.807, 2.05) is 26.1 Å². The van der Waals surface area contributed by atoms with E-state index in [1.54, 1.807) is 30.4 Å². The zero-order chi connectivity index (χ0) is 14.0. The van der Waals surface area contributed by atoms with E-state index in [4.69, 9.17) is 0 Å². The van der Waals surface area contributed by atoms with E-state index in [0.29, 0.717) is 5.56 Å². The van der Waals surface area contributed by atoms with Crippen molar-refractivity contribution in [3.05, 3.63) is 50.0 Å². The molecule has 0 saturated carbocycles. The number of benzene rings is 1. The van der Waals surface area contributed by atoms with Crippen molar-refractivity contribution in [2.75, 3.05) is 5.32 Å². The first-order valence-electron chi connectivity index (χ1n) is 5.91.